The highest BCUT2D eigenvalue weighted by Gasteiger charge is 2.35. The lowest BCUT2D eigenvalue weighted by atomic mass is 10.0. The predicted molar refractivity (Wildman–Crippen MR) is 101 cm³/mol. The van der Waals surface area contributed by atoms with Gasteiger partial charge in [0.25, 0.3) is 5.91 Å². The lowest BCUT2D eigenvalue weighted by molar-refractivity contribution is -0.145. The van der Waals surface area contributed by atoms with Crippen molar-refractivity contribution in [3.63, 3.8) is 0 Å². The summed E-state index contributed by atoms with van der Waals surface area (Å²) in [5, 5.41) is 3.26. The third-order valence-electron chi connectivity index (χ3n) is 4.45. The summed E-state index contributed by atoms with van der Waals surface area (Å²) in [6.07, 6.45) is -2.92. The van der Waals surface area contributed by atoms with Crippen LogP contribution in [0.4, 0.5) is 13.2 Å². The lowest BCUT2D eigenvalue weighted by Crippen LogP contribution is -2.43. The molecule has 1 amide bonds. The lowest BCUT2D eigenvalue weighted by Gasteiger charge is -2.19. The molecule has 2 N–H and O–H groups in total. The molecule has 152 valence electrons. The third kappa shape index (κ3) is 4.59. The average Bonchev–Trinajstić information content (AvgIpc) is 3.10. The fraction of sp³-hybridized carbons (Fsp3) is 0.238. The molecule has 0 fully saturated rings. The molecular formula is C21H19F3N2O3. The van der Waals surface area contributed by atoms with Crippen LogP contribution in [-0.4, -0.2) is 29.5 Å². The number of para-hydroxylation sites is 1. The standard InChI is InChI=1S/C21H19F3N2O3/c1-2-29-20(28)18(11-13-12-25-17-10-6-4-7-14(13)17)26-19(27)15-8-3-5-9-16(15)21(22,23)24/h3-10,12,18,25H,2,11H2,1H3,(H,26,27)/t18-/m0/s1. The van der Waals surface area contributed by atoms with Crippen LogP contribution in [0.15, 0.2) is 54.7 Å². The van der Waals surface area contributed by atoms with Crippen molar-refractivity contribution in [1.29, 1.82) is 0 Å². The number of aromatic nitrogens is 1. The Morgan fingerprint density at radius 2 is 1.79 bits per heavy atom. The van der Waals surface area contributed by atoms with Crippen LogP contribution in [0, 0.1) is 0 Å². The van der Waals surface area contributed by atoms with Crippen molar-refractivity contribution >= 4 is 22.8 Å². The molecule has 2 aromatic carbocycles. The van der Waals surface area contributed by atoms with Crippen LogP contribution < -0.4 is 5.32 Å². The van der Waals surface area contributed by atoms with Gasteiger partial charge in [-0.1, -0.05) is 30.3 Å². The number of aromatic amines is 1. The number of hydrogen-bond acceptors (Lipinski definition) is 3. The van der Waals surface area contributed by atoms with Crippen LogP contribution in [0.2, 0.25) is 0 Å². The fourth-order valence-corrected chi connectivity index (χ4v) is 3.12. The van der Waals surface area contributed by atoms with Crippen molar-refractivity contribution in [2.45, 2.75) is 25.6 Å². The van der Waals surface area contributed by atoms with Gasteiger partial charge in [-0.25, -0.2) is 4.79 Å². The molecule has 1 heterocycles. The molecule has 0 aliphatic rings. The molecule has 0 bridgehead atoms. The maximum absolute atomic E-state index is 13.2. The van der Waals surface area contributed by atoms with Crippen LogP contribution in [0.5, 0.6) is 0 Å². The first kappa shape index (κ1) is 20.4. The Labute approximate surface area is 164 Å². The molecule has 0 saturated carbocycles. The summed E-state index contributed by atoms with van der Waals surface area (Å²) in [6, 6.07) is 10.7. The quantitative estimate of drug-likeness (QED) is 0.608. The molecule has 5 nitrogen and oxygen atoms in total. The van der Waals surface area contributed by atoms with Crippen LogP contribution >= 0.6 is 0 Å². The number of H-pyrrole nitrogens is 1. The molecule has 0 radical (unpaired) electrons. The highest BCUT2D eigenvalue weighted by atomic mass is 19.4. The maximum Gasteiger partial charge on any atom is 0.417 e. The van der Waals surface area contributed by atoms with E-state index >= 15 is 0 Å². The van der Waals surface area contributed by atoms with Crippen LogP contribution in [0.25, 0.3) is 10.9 Å². The van der Waals surface area contributed by atoms with E-state index in [1.54, 1.807) is 13.1 Å². The number of esters is 1. The number of nitrogens with one attached hydrogen (secondary N) is 2. The molecule has 29 heavy (non-hydrogen) atoms. The van der Waals surface area contributed by atoms with E-state index in [2.05, 4.69) is 10.3 Å². The van der Waals surface area contributed by atoms with E-state index in [4.69, 9.17) is 4.74 Å². The first-order valence-corrected chi connectivity index (χ1v) is 9.00. The molecule has 0 saturated heterocycles. The number of fused-ring (bicyclic) bond motifs is 1. The van der Waals surface area contributed by atoms with Gasteiger partial charge in [0.05, 0.1) is 17.7 Å². The number of ether oxygens (including phenoxy) is 1. The summed E-state index contributed by atoms with van der Waals surface area (Å²) in [5.74, 6) is -1.70. The van der Waals surface area contributed by atoms with E-state index in [-0.39, 0.29) is 13.0 Å². The van der Waals surface area contributed by atoms with Crippen molar-refractivity contribution < 1.29 is 27.5 Å². The zero-order chi connectivity index (χ0) is 21.0. The highest BCUT2D eigenvalue weighted by Crippen LogP contribution is 2.32. The Bertz CT molecular complexity index is 1030. The van der Waals surface area contributed by atoms with Gasteiger partial charge in [-0.3, -0.25) is 4.79 Å². The summed E-state index contributed by atoms with van der Waals surface area (Å²) >= 11 is 0. The predicted octanol–water partition coefficient (Wildman–Crippen LogP) is 4.09. The Morgan fingerprint density at radius 3 is 2.52 bits per heavy atom. The Hall–Kier alpha value is -3.29. The van der Waals surface area contributed by atoms with Gasteiger partial charge < -0.3 is 15.0 Å². The van der Waals surface area contributed by atoms with Gasteiger partial charge in [-0.15, -0.1) is 0 Å². The van der Waals surface area contributed by atoms with E-state index < -0.39 is 35.2 Å². The van der Waals surface area contributed by atoms with Crippen molar-refractivity contribution in [3.8, 4) is 0 Å². The molecule has 3 aromatic rings. The van der Waals surface area contributed by atoms with Crippen LogP contribution in [0.1, 0.15) is 28.4 Å². The fourth-order valence-electron chi connectivity index (χ4n) is 3.12. The normalized spacial score (nSPS) is 12.6. The van der Waals surface area contributed by atoms with Crippen molar-refractivity contribution in [1.82, 2.24) is 10.3 Å². The Kier molecular flexibility index (Phi) is 5.91. The van der Waals surface area contributed by atoms with Gasteiger partial charge >= 0.3 is 12.1 Å². The van der Waals surface area contributed by atoms with Gasteiger partial charge in [-0.2, -0.15) is 13.2 Å². The zero-order valence-electron chi connectivity index (χ0n) is 15.5. The topological polar surface area (TPSA) is 71.2 Å². The second-order valence-electron chi connectivity index (χ2n) is 6.39. The van der Waals surface area contributed by atoms with Crippen molar-refractivity contribution in [2.75, 3.05) is 6.61 Å². The summed E-state index contributed by atoms with van der Waals surface area (Å²) in [4.78, 5) is 28.0. The minimum absolute atomic E-state index is 0.0722. The molecule has 1 atom stereocenters. The Morgan fingerprint density at radius 1 is 1.10 bits per heavy atom. The molecule has 8 heteroatoms. The van der Waals surface area contributed by atoms with E-state index in [0.29, 0.717) is 0 Å². The molecule has 0 aliphatic carbocycles. The highest BCUT2D eigenvalue weighted by molar-refractivity contribution is 5.98. The molecule has 1 aromatic heterocycles. The SMILES string of the molecule is CCOC(=O)[C@H](Cc1c[nH]c2ccccc12)NC(=O)c1ccccc1C(F)(F)F. The van der Waals surface area contributed by atoms with E-state index in [0.717, 1.165) is 28.6 Å². The molecule has 0 aliphatic heterocycles. The van der Waals surface area contributed by atoms with Gasteiger partial charge in [0.1, 0.15) is 6.04 Å². The summed E-state index contributed by atoms with van der Waals surface area (Å²) < 4.78 is 44.7. The molecule has 0 spiro atoms. The molecular weight excluding hydrogens is 385 g/mol. The third-order valence-corrected chi connectivity index (χ3v) is 4.45. The second kappa shape index (κ2) is 8.38. The summed E-state index contributed by atoms with van der Waals surface area (Å²) in [7, 11) is 0. The Balaban J connectivity index is 1.89. The number of carbonyl (C=O) groups excluding carboxylic acids is 2. The average molecular weight is 404 g/mol. The minimum Gasteiger partial charge on any atom is -0.464 e. The van der Waals surface area contributed by atoms with E-state index in [9.17, 15) is 22.8 Å². The smallest absolute Gasteiger partial charge is 0.417 e. The summed E-state index contributed by atoms with van der Waals surface area (Å²) in [6.45, 7) is 1.69. The van der Waals surface area contributed by atoms with Gasteiger partial charge in [0.2, 0.25) is 0 Å². The van der Waals surface area contributed by atoms with Crippen molar-refractivity contribution in [3.05, 3.63) is 71.4 Å². The van der Waals surface area contributed by atoms with Crippen LogP contribution in [0.3, 0.4) is 0 Å². The largest absolute Gasteiger partial charge is 0.464 e. The first-order valence-electron chi connectivity index (χ1n) is 9.00. The van der Waals surface area contributed by atoms with Crippen LogP contribution in [-0.2, 0) is 22.1 Å². The van der Waals surface area contributed by atoms with Gasteiger partial charge in [0, 0.05) is 23.5 Å². The number of carbonyl (C=O) groups is 2. The number of amides is 1. The zero-order valence-corrected chi connectivity index (χ0v) is 15.5. The van der Waals surface area contributed by atoms with E-state index in [1.165, 1.54) is 12.1 Å². The molecule has 3 rings (SSSR count). The second-order valence-corrected chi connectivity index (χ2v) is 6.39. The van der Waals surface area contributed by atoms with Crippen molar-refractivity contribution in [2.24, 2.45) is 0 Å². The van der Waals surface area contributed by atoms with Gasteiger partial charge in [0.15, 0.2) is 0 Å². The maximum atomic E-state index is 13.2. The number of halogens is 3. The first-order chi connectivity index (χ1) is 13.8. The summed E-state index contributed by atoms with van der Waals surface area (Å²) in [5.41, 5.74) is -0.0256. The number of alkyl halides is 3. The molecule has 0 unspecified atom stereocenters. The van der Waals surface area contributed by atoms with Gasteiger partial charge in [-0.05, 0) is 30.7 Å². The number of hydrogen-bond donors (Lipinski definition) is 2. The van der Waals surface area contributed by atoms with E-state index in [1.807, 2.05) is 24.3 Å². The number of benzene rings is 2. The minimum atomic E-state index is -4.69. The number of rotatable bonds is 6. The monoisotopic (exact) mass is 404 g/mol.